The van der Waals surface area contributed by atoms with Gasteiger partial charge in [0.15, 0.2) is 0 Å². The second-order valence-corrected chi connectivity index (χ2v) is 11.8. The van der Waals surface area contributed by atoms with Gasteiger partial charge < -0.3 is 5.32 Å². The van der Waals surface area contributed by atoms with Crippen LogP contribution in [-0.4, -0.2) is 37.8 Å². The zero-order valence-corrected chi connectivity index (χ0v) is 19.0. The minimum absolute atomic E-state index is 0.0934. The molecule has 2 aromatic rings. The van der Waals surface area contributed by atoms with Gasteiger partial charge >= 0.3 is 0 Å². The van der Waals surface area contributed by atoms with E-state index in [9.17, 15) is 13.2 Å². The van der Waals surface area contributed by atoms with E-state index < -0.39 is 10.0 Å². The van der Waals surface area contributed by atoms with Crippen LogP contribution < -0.4 is 5.32 Å². The molecular formula is C25H32N2O3S. The van der Waals surface area contributed by atoms with E-state index in [0.29, 0.717) is 36.7 Å². The predicted molar refractivity (Wildman–Crippen MR) is 122 cm³/mol. The van der Waals surface area contributed by atoms with E-state index in [2.05, 4.69) is 12.2 Å². The van der Waals surface area contributed by atoms with Crippen molar-refractivity contribution in [1.29, 1.82) is 0 Å². The van der Waals surface area contributed by atoms with Crippen LogP contribution in [0.1, 0.15) is 45.4 Å². The standard InChI is InChI=1S/C25H32N2O3S/c1-17(24-15-18-6-7-22(24)14-18)26-25(28)20-10-12-27(13-11-20)31(29,30)23-9-8-19-4-2-3-5-21(19)16-23/h2-5,8-9,16-18,20,22,24H,6-7,10-15H2,1H3,(H,26,28). The summed E-state index contributed by atoms with van der Waals surface area (Å²) in [6, 6.07) is 13.3. The highest BCUT2D eigenvalue weighted by Crippen LogP contribution is 2.49. The van der Waals surface area contributed by atoms with Crippen molar-refractivity contribution in [2.45, 2.75) is 56.4 Å². The summed E-state index contributed by atoms with van der Waals surface area (Å²) in [4.78, 5) is 13.2. The lowest BCUT2D eigenvalue weighted by Crippen LogP contribution is -2.47. The molecule has 0 spiro atoms. The van der Waals surface area contributed by atoms with Crippen LogP contribution in [0, 0.1) is 23.7 Å². The van der Waals surface area contributed by atoms with E-state index in [1.54, 1.807) is 16.4 Å². The van der Waals surface area contributed by atoms with Gasteiger partial charge in [-0.3, -0.25) is 4.79 Å². The molecule has 4 atom stereocenters. The molecule has 2 aromatic carbocycles. The summed E-state index contributed by atoms with van der Waals surface area (Å²) in [6.07, 6.45) is 6.46. The molecule has 166 valence electrons. The number of rotatable bonds is 5. The number of hydrogen-bond acceptors (Lipinski definition) is 3. The molecule has 1 amide bonds. The van der Waals surface area contributed by atoms with Gasteiger partial charge in [-0.25, -0.2) is 8.42 Å². The molecule has 2 bridgehead atoms. The van der Waals surface area contributed by atoms with Crippen molar-refractivity contribution >= 4 is 26.7 Å². The summed E-state index contributed by atoms with van der Waals surface area (Å²) in [5, 5.41) is 5.23. The smallest absolute Gasteiger partial charge is 0.243 e. The van der Waals surface area contributed by atoms with Gasteiger partial charge in [0.1, 0.15) is 0 Å². The Bertz CT molecular complexity index is 1080. The third-order valence-electron chi connectivity index (χ3n) is 7.99. The molecule has 5 nitrogen and oxygen atoms in total. The molecular weight excluding hydrogens is 408 g/mol. The van der Waals surface area contributed by atoms with E-state index in [1.165, 1.54) is 25.7 Å². The van der Waals surface area contributed by atoms with Crippen LogP contribution in [0.4, 0.5) is 0 Å². The average molecular weight is 441 g/mol. The van der Waals surface area contributed by atoms with Gasteiger partial charge in [-0.1, -0.05) is 36.8 Å². The molecule has 1 N–H and O–H groups in total. The fraction of sp³-hybridized carbons (Fsp3) is 0.560. The number of hydrogen-bond donors (Lipinski definition) is 1. The molecule has 0 radical (unpaired) electrons. The van der Waals surface area contributed by atoms with Crippen LogP contribution in [0.2, 0.25) is 0 Å². The van der Waals surface area contributed by atoms with Crippen molar-refractivity contribution in [3.05, 3.63) is 42.5 Å². The highest BCUT2D eigenvalue weighted by molar-refractivity contribution is 7.89. The van der Waals surface area contributed by atoms with E-state index in [4.69, 9.17) is 0 Å². The molecule has 3 fully saturated rings. The van der Waals surface area contributed by atoms with Gasteiger partial charge in [0.2, 0.25) is 15.9 Å². The Labute approximate surface area is 185 Å². The Morgan fingerprint density at radius 2 is 1.74 bits per heavy atom. The topological polar surface area (TPSA) is 66.5 Å². The lowest BCUT2D eigenvalue weighted by atomic mass is 9.83. The number of fused-ring (bicyclic) bond motifs is 3. The number of benzene rings is 2. The van der Waals surface area contributed by atoms with Gasteiger partial charge in [0, 0.05) is 25.0 Å². The van der Waals surface area contributed by atoms with Crippen molar-refractivity contribution in [1.82, 2.24) is 9.62 Å². The van der Waals surface area contributed by atoms with Gasteiger partial charge in [-0.15, -0.1) is 0 Å². The fourth-order valence-corrected chi connectivity index (χ4v) is 7.70. The molecule has 6 heteroatoms. The predicted octanol–water partition coefficient (Wildman–Crippen LogP) is 4.18. The molecule has 3 aliphatic rings. The lowest BCUT2D eigenvalue weighted by molar-refractivity contribution is -0.127. The van der Waals surface area contributed by atoms with Crippen molar-refractivity contribution in [2.24, 2.45) is 23.7 Å². The summed E-state index contributed by atoms with van der Waals surface area (Å²) in [7, 11) is -3.54. The number of piperidine rings is 1. The van der Waals surface area contributed by atoms with Crippen molar-refractivity contribution in [3.63, 3.8) is 0 Å². The number of carbonyl (C=O) groups is 1. The quantitative estimate of drug-likeness (QED) is 0.758. The van der Waals surface area contributed by atoms with Crippen LogP contribution in [0.25, 0.3) is 10.8 Å². The average Bonchev–Trinajstić information content (AvgIpc) is 3.43. The number of nitrogens with zero attached hydrogens (tertiary/aromatic N) is 1. The fourth-order valence-electron chi connectivity index (χ4n) is 6.19. The molecule has 2 aliphatic carbocycles. The van der Waals surface area contributed by atoms with Crippen LogP contribution in [0.15, 0.2) is 47.4 Å². The molecule has 31 heavy (non-hydrogen) atoms. The Hall–Kier alpha value is -1.92. The summed E-state index contributed by atoms with van der Waals surface area (Å²) in [5.74, 6) is 2.30. The molecule has 2 saturated carbocycles. The van der Waals surface area contributed by atoms with Crippen LogP contribution in [-0.2, 0) is 14.8 Å². The zero-order valence-electron chi connectivity index (χ0n) is 18.2. The van der Waals surface area contributed by atoms with Crippen LogP contribution >= 0.6 is 0 Å². The van der Waals surface area contributed by atoms with Gasteiger partial charge in [0.05, 0.1) is 4.90 Å². The van der Waals surface area contributed by atoms with Crippen molar-refractivity contribution in [2.75, 3.05) is 13.1 Å². The number of sulfonamides is 1. The molecule has 5 rings (SSSR count). The molecule has 1 saturated heterocycles. The largest absolute Gasteiger partial charge is 0.353 e. The lowest BCUT2D eigenvalue weighted by Gasteiger charge is -2.33. The molecule has 4 unspecified atom stereocenters. The zero-order chi connectivity index (χ0) is 21.6. The van der Waals surface area contributed by atoms with E-state index in [0.717, 1.165) is 22.6 Å². The normalized spacial score (nSPS) is 28.1. The first-order valence-electron chi connectivity index (χ1n) is 11.7. The maximum absolute atomic E-state index is 13.2. The monoisotopic (exact) mass is 440 g/mol. The second-order valence-electron chi connectivity index (χ2n) is 9.82. The van der Waals surface area contributed by atoms with Gasteiger partial charge in [-0.05, 0) is 79.7 Å². The first-order chi connectivity index (χ1) is 14.9. The molecule has 1 heterocycles. The summed E-state index contributed by atoms with van der Waals surface area (Å²) in [6.45, 7) is 2.95. The summed E-state index contributed by atoms with van der Waals surface area (Å²) in [5.41, 5.74) is 0. The highest BCUT2D eigenvalue weighted by atomic mass is 32.2. The second kappa shape index (κ2) is 8.21. The number of carbonyl (C=O) groups excluding carboxylic acids is 1. The summed E-state index contributed by atoms with van der Waals surface area (Å²) >= 11 is 0. The maximum atomic E-state index is 13.2. The summed E-state index contributed by atoms with van der Waals surface area (Å²) < 4.78 is 27.9. The third kappa shape index (κ3) is 4.00. The van der Waals surface area contributed by atoms with Crippen LogP contribution in [0.5, 0.6) is 0 Å². The first kappa shape index (κ1) is 21.0. The minimum Gasteiger partial charge on any atom is -0.353 e. The number of amides is 1. The van der Waals surface area contributed by atoms with Gasteiger partial charge in [-0.2, -0.15) is 4.31 Å². The Morgan fingerprint density at radius 3 is 2.42 bits per heavy atom. The van der Waals surface area contributed by atoms with E-state index in [-0.39, 0.29) is 17.9 Å². The van der Waals surface area contributed by atoms with Gasteiger partial charge in [0.25, 0.3) is 0 Å². The van der Waals surface area contributed by atoms with E-state index >= 15 is 0 Å². The SMILES string of the molecule is CC(NC(=O)C1CCN(S(=O)(=O)c2ccc3ccccc3c2)CC1)C1CC2CCC1C2. The minimum atomic E-state index is -3.54. The maximum Gasteiger partial charge on any atom is 0.243 e. The number of nitrogens with one attached hydrogen (secondary N) is 1. The Balaban J connectivity index is 1.19. The van der Waals surface area contributed by atoms with Crippen molar-refractivity contribution in [3.8, 4) is 0 Å². The molecule has 1 aliphatic heterocycles. The van der Waals surface area contributed by atoms with Crippen LogP contribution in [0.3, 0.4) is 0 Å². The van der Waals surface area contributed by atoms with E-state index in [1.807, 2.05) is 30.3 Å². The highest BCUT2D eigenvalue weighted by Gasteiger charge is 2.42. The Kier molecular flexibility index (Phi) is 5.55. The molecule has 0 aromatic heterocycles. The van der Waals surface area contributed by atoms with Crippen molar-refractivity contribution < 1.29 is 13.2 Å². The first-order valence-corrected chi connectivity index (χ1v) is 13.1. The Morgan fingerprint density at radius 1 is 1.00 bits per heavy atom. The third-order valence-corrected chi connectivity index (χ3v) is 9.88.